The van der Waals surface area contributed by atoms with Crippen LogP contribution in [-0.4, -0.2) is 15.0 Å². The monoisotopic (exact) mass is 643 g/mol. The molecule has 1 aliphatic rings. The maximum absolute atomic E-state index is 6.55. The highest BCUT2D eigenvalue weighted by molar-refractivity contribution is 6.10. The Labute approximate surface area is 291 Å². The van der Waals surface area contributed by atoms with Crippen molar-refractivity contribution >= 4 is 21.9 Å². The first-order chi connectivity index (χ1) is 24.7. The number of furan rings is 1. The number of allylic oxidation sites excluding steroid dienone is 4. The van der Waals surface area contributed by atoms with Crippen molar-refractivity contribution in [3.63, 3.8) is 0 Å². The number of hydrogen-bond acceptors (Lipinski definition) is 4. The molecule has 4 heteroatoms. The summed E-state index contributed by atoms with van der Waals surface area (Å²) in [5, 5.41) is 2.09. The van der Waals surface area contributed by atoms with Gasteiger partial charge < -0.3 is 4.42 Å². The molecule has 0 aliphatic heterocycles. The van der Waals surface area contributed by atoms with Crippen LogP contribution in [0.4, 0.5) is 0 Å². The lowest BCUT2D eigenvalue weighted by Crippen LogP contribution is -2.06. The smallest absolute Gasteiger partial charge is 0.164 e. The van der Waals surface area contributed by atoms with E-state index in [0.29, 0.717) is 29.3 Å². The first-order valence-corrected chi connectivity index (χ1v) is 17.1. The molecule has 4 nitrogen and oxygen atoms in total. The van der Waals surface area contributed by atoms with Gasteiger partial charge in [-0.25, -0.2) is 15.0 Å². The van der Waals surface area contributed by atoms with Crippen molar-refractivity contribution in [2.75, 3.05) is 0 Å². The topological polar surface area (TPSA) is 51.8 Å². The lowest BCUT2D eigenvalue weighted by atomic mass is 9.84. The third-order valence-corrected chi connectivity index (χ3v) is 9.69. The lowest BCUT2D eigenvalue weighted by molar-refractivity contribution is 0.635. The first kappa shape index (κ1) is 29.7. The number of fused-ring (bicyclic) bond motifs is 3. The van der Waals surface area contributed by atoms with Crippen LogP contribution in [0, 0.1) is 5.92 Å². The zero-order valence-corrected chi connectivity index (χ0v) is 27.6. The first-order valence-electron chi connectivity index (χ1n) is 17.1. The van der Waals surface area contributed by atoms with Gasteiger partial charge >= 0.3 is 0 Å². The van der Waals surface area contributed by atoms with Crippen LogP contribution in [0.15, 0.2) is 174 Å². The standard InChI is InChI=1S/C46H33N3O/c1-30-11-8-9-16-38(30)33-21-23-34(24-22-33)39-17-10-18-40-41-29-37(27-28-42(41)50-43(39)40)46-48-44(35-14-6-3-7-15-35)47-45(49-46)36-25-19-32(20-26-36)31-12-4-2-5-13-31/h2-30,38H,1H3. The summed E-state index contributed by atoms with van der Waals surface area (Å²) < 4.78 is 6.55. The molecule has 2 aromatic heterocycles. The van der Waals surface area contributed by atoms with E-state index in [-0.39, 0.29) is 0 Å². The van der Waals surface area contributed by atoms with Crippen molar-refractivity contribution in [1.82, 2.24) is 15.0 Å². The molecule has 8 aromatic rings. The second-order valence-electron chi connectivity index (χ2n) is 12.9. The number of aromatic nitrogens is 3. The number of nitrogens with zero attached hydrogens (tertiary/aromatic N) is 3. The number of benzene rings is 6. The zero-order chi connectivity index (χ0) is 33.4. The van der Waals surface area contributed by atoms with Crippen LogP contribution in [0.3, 0.4) is 0 Å². The predicted molar refractivity (Wildman–Crippen MR) is 204 cm³/mol. The molecule has 2 heterocycles. The summed E-state index contributed by atoms with van der Waals surface area (Å²) in [4.78, 5) is 15.0. The normalized spacial score (nSPS) is 15.5. The van der Waals surface area contributed by atoms with Gasteiger partial charge in [-0.1, -0.05) is 159 Å². The summed E-state index contributed by atoms with van der Waals surface area (Å²) in [5.41, 5.74) is 10.3. The third-order valence-electron chi connectivity index (χ3n) is 9.69. The number of para-hydroxylation sites is 1. The highest BCUT2D eigenvalue weighted by Gasteiger charge is 2.19. The van der Waals surface area contributed by atoms with Gasteiger partial charge in [0.1, 0.15) is 11.2 Å². The van der Waals surface area contributed by atoms with E-state index in [0.717, 1.165) is 55.3 Å². The minimum atomic E-state index is 0.390. The summed E-state index contributed by atoms with van der Waals surface area (Å²) in [5.74, 6) is 2.75. The Kier molecular flexibility index (Phi) is 7.47. The van der Waals surface area contributed by atoms with Crippen LogP contribution >= 0.6 is 0 Å². The molecular weight excluding hydrogens is 611 g/mol. The zero-order valence-electron chi connectivity index (χ0n) is 27.6. The van der Waals surface area contributed by atoms with Crippen molar-refractivity contribution in [1.29, 1.82) is 0 Å². The van der Waals surface area contributed by atoms with Crippen molar-refractivity contribution in [2.45, 2.75) is 12.8 Å². The van der Waals surface area contributed by atoms with E-state index in [9.17, 15) is 0 Å². The van der Waals surface area contributed by atoms with Gasteiger partial charge in [0.25, 0.3) is 0 Å². The fourth-order valence-electron chi connectivity index (χ4n) is 6.98. The van der Waals surface area contributed by atoms with Crippen molar-refractivity contribution in [3.05, 3.63) is 175 Å². The third kappa shape index (κ3) is 5.51. The van der Waals surface area contributed by atoms with Gasteiger partial charge in [0.2, 0.25) is 0 Å². The van der Waals surface area contributed by atoms with Crippen molar-refractivity contribution in [3.8, 4) is 56.4 Å². The molecular formula is C46H33N3O. The van der Waals surface area contributed by atoms with Gasteiger partial charge in [0.15, 0.2) is 17.5 Å². The quantitative estimate of drug-likeness (QED) is 0.181. The Hall–Kier alpha value is -6.39. The van der Waals surface area contributed by atoms with Crippen molar-refractivity contribution < 1.29 is 4.42 Å². The van der Waals surface area contributed by atoms with E-state index in [2.05, 4.69) is 128 Å². The van der Waals surface area contributed by atoms with E-state index in [4.69, 9.17) is 19.4 Å². The molecule has 9 rings (SSSR count). The molecule has 0 saturated heterocycles. The molecule has 0 fully saturated rings. The molecule has 2 unspecified atom stereocenters. The van der Waals surface area contributed by atoms with Crippen LogP contribution in [0.1, 0.15) is 18.4 Å². The SMILES string of the molecule is CC1C=CC=CC1c1ccc(-c2cccc3c2oc2ccc(-c4nc(-c5ccccc5)nc(-c5ccc(-c6ccccc6)cc5)n4)cc23)cc1. The van der Waals surface area contributed by atoms with Gasteiger partial charge in [0, 0.05) is 38.9 Å². The molecule has 238 valence electrons. The molecule has 0 N–H and O–H groups in total. The fraction of sp³-hybridized carbons (Fsp3) is 0.0652. The summed E-state index contributed by atoms with van der Waals surface area (Å²) >= 11 is 0. The fourth-order valence-corrected chi connectivity index (χ4v) is 6.98. The van der Waals surface area contributed by atoms with E-state index in [1.54, 1.807) is 0 Å². The molecule has 0 radical (unpaired) electrons. The Balaban J connectivity index is 1.11. The van der Waals surface area contributed by atoms with E-state index >= 15 is 0 Å². The van der Waals surface area contributed by atoms with Gasteiger partial charge in [-0.15, -0.1) is 0 Å². The largest absolute Gasteiger partial charge is 0.455 e. The molecule has 0 amide bonds. The minimum absolute atomic E-state index is 0.390. The molecule has 2 atom stereocenters. The van der Waals surface area contributed by atoms with Crippen molar-refractivity contribution in [2.24, 2.45) is 5.92 Å². The molecule has 1 aliphatic carbocycles. The second kappa shape index (κ2) is 12.6. The second-order valence-corrected chi connectivity index (χ2v) is 12.9. The van der Waals surface area contributed by atoms with E-state index in [1.807, 2.05) is 48.5 Å². The molecule has 0 bridgehead atoms. The lowest BCUT2D eigenvalue weighted by Gasteiger charge is -2.21. The Bertz CT molecular complexity index is 2530. The van der Waals surface area contributed by atoms with Crippen LogP contribution in [0.5, 0.6) is 0 Å². The van der Waals surface area contributed by atoms with Gasteiger partial charge in [0.05, 0.1) is 0 Å². The molecule has 0 saturated carbocycles. The van der Waals surface area contributed by atoms with Gasteiger partial charge in [-0.3, -0.25) is 0 Å². The maximum atomic E-state index is 6.55. The molecule has 50 heavy (non-hydrogen) atoms. The van der Waals surface area contributed by atoms with E-state index < -0.39 is 0 Å². The molecule has 6 aromatic carbocycles. The highest BCUT2D eigenvalue weighted by Crippen LogP contribution is 2.39. The summed E-state index contributed by atoms with van der Waals surface area (Å²) in [6.45, 7) is 2.27. The highest BCUT2D eigenvalue weighted by atomic mass is 16.3. The number of rotatable bonds is 6. The van der Waals surface area contributed by atoms with Crippen LogP contribution in [-0.2, 0) is 0 Å². The maximum Gasteiger partial charge on any atom is 0.164 e. The summed E-state index contributed by atoms with van der Waals surface area (Å²) in [6, 6.07) is 50.4. The average Bonchev–Trinajstić information content (AvgIpc) is 3.57. The predicted octanol–water partition coefficient (Wildman–Crippen LogP) is 12.0. The van der Waals surface area contributed by atoms with E-state index in [1.165, 1.54) is 11.1 Å². The minimum Gasteiger partial charge on any atom is -0.455 e. The molecule has 0 spiro atoms. The summed E-state index contributed by atoms with van der Waals surface area (Å²) in [6.07, 6.45) is 8.84. The Morgan fingerprint density at radius 3 is 1.72 bits per heavy atom. The Morgan fingerprint density at radius 1 is 0.460 bits per heavy atom. The van der Waals surface area contributed by atoms with Gasteiger partial charge in [-0.05, 0) is 46.4 Å². The van der Waals surface area contributed by atoms with Crippen LogP contribution in [0.25, 0.3) is 78.4 Å². The van der Waals surface area contributed by atoms with Crippen LogP contribution in [0.2, 0.25) is 0 Å². The Morgan fingerprint density at radius 2 is 1.02 bits per heavy atom. The summed E-state index contributed by atoms with van der Waals surface area (Å²) in [7, 11) is 0. The number of hydrogen-bond donors (Lipinski definition) is 0. The van der Waals surface area contributed by atoms with Crippen LogP contribution < -0.4 is 0 Å². The average molecular weight is 644 g/mol. The van der Waals surface area contributed by atoms with Gasteiger partial charge in [-0.2, -0.15) is 0 Å².